The van der Waals surface area contributed by atoms with Crippen molar-refractivity contribution in [2.24, 2.45) is 0 Å². The smallest absolute Gasteiger partial charge is 0.332 e. The highest BCUT2D eigenvalue weighted by Gasteiger charge is 2.29. The van der Waals surface area contributed by atoms with Crippen LogP contribution in [0.1, 0.15) is 27.2 Å². The molecule has 4 rings (SSSR count). The number of para-hydroxylation sites is 2. The SMILES string of the molecule is Cc1nc2ccccc2n(Cc2ccc(C(=O)NC(=S)Nc3ccc(C(F)(F)F)cc3)cc2)c1=O. The van der Waals surface area contributed by atoms with Gasteiger partial charge in [0.05, 0.1) is 23.1 Å². The van der Waals surface area contributed by atoms with Crippen LogP contribution in [0, 0.1) is 6.92 Å². The molecular weight excluding hydrogens is 477 g/mol. The van der Waals surface area contributed by atoms with Crippen LogP contribution in [-0.2, 0) is 12.7 Å². The Morgan fingerprint density at radius 1 is 1.00 bits per heavy atom. The van der Waals surface area contributed by atoms with Crippen LogP contribution in [0.15, 0.2) is 77.6 Å². The van der Waals surface area contributed by atoms with Crippen molar-refractivity contribution in [2.45, 2.75) is 19.6 Å². The van der Waals surface area contributed by atoms with Gasteiger partial charge in [-0.25, -0.2) is 4.98 Å². The number of carbonyl (C=O) groups is 1. The second-order valence-corrected chi connectivity index (χ2v) is 8.17. The number of anilines is 1. The van der Waals surface area contributed by atoms with E-state index in [1.807, 2.05) is 24.3 Å². The molecule has 0 aliphatic heterocycles. The van der Waals surface area contributed by atoms with Gasteiger partial charge >= 0.3 is 6.18 Å². The molecule has 0 aliphatic rings. The lowest BCUT2D eigenvalue weighted by molar-refractivity contribution is -0.137. The fourth-order valence-electron chi connectivity index (χ4n) is 3.50. The average molecular weight is 497 g/mol. The van der Waals surface area contributed by atoms with E-state index >= 15 is 0 Å². The molecule has 0 atom stereocenters. The first-order chi connectivity index (χ1) is 16.6. The van der Waals surface area contributed by atoms with Crippen LogP contribution >= 0.6 is 12.2 Å². The van der Waals surface area contributed by atoms with E-state index in [1.165, 1.54) is 12.1 Å². The summed E-state index contributed by atoms with van der Waals surface area (Å²) in [5.74, 6) is -0.483. The van der Waals surface area contributed by atoms with Gasteiger partial charge < -0.3 is 9.88 Å². The summed E-state index contributed by atoms with van der Waals surface area (Å²) in [4.78, 5) is 29.5. The van der Waals surface area contributed by atoms with Crippen molar-refractivity contribution in [1.82, 2.24) is 14.9 Å². The van der Waals surface area contributed by atoms with Crippen molar-refractivity contribution in [3.8, 4) is 0 Å². The van der Waals surface area contributed by atoms with Gasteiger partial charge in [0, 0.05) is 11.3 Å². The summed E-state index contributed by atoms with van der Waals surface area (Å²) in [6, 6.07) is 18.3. The number of aromatic nitrogens is 2. The average Bonchev–Trinajstić information content (AvgIpc) is 2.82. The minimum Gasteiger partial charge on any atom is -0.332 e. The Kier molecular flexibility index (Phi) is 6.65. The van der Waals surface area contributed by atoms with Gasteiger partial charge in [-0.2, -0.15) is 13.2 Å². The van der Waals surface area contributed by atoms with Gasteiger partial charge in [-0.15, -0.1) is 0 Å². The summed E-state index contributed by atoms with van der Waals surface area (Å²) in [6.07, 6.45) is -4.43. The zero-order chi connectivity index (χ0) is 25.2. The van der Waals surface area contributed by atoms with Crippen LogP contribution in [0.2, 0.25) is 0 Å². The zero-order valence-corrected chi connectivity index (χ0v) is 19.2. The molecule has 178 valence electrons. The van der Waals surface area contributed by atoms with Crippen LogP contribution < -0.4 is 16.2 Å². The van der Waals surface area contributed by atoms with Gasteiger partial charge in [0.2, 0.25) is 0 Å². The number of benzene rings is 3. The summed E-state index contributed by atoms with van der Waals surface area (Å²) < 4.78 is 39.7. The number of rotatable bonds is 4. The Balaban J connectivity index is 1.42. The Labute approximate surface area is 203 Å². The summed E-state index contributed by atoms with van der Waals surface area (Å²) in [7, 11) is 0. The summed E-state index contributed by atoms with van der Waals surface area (Å²) in [5.41, 5.74) is 2.30. The van der Waals surface area contributed by atoms with Crippen LogP contribution in [0.4, 0.5) is 18.9 Å². The number of aryl methyl sites for hydroxylation is 1. The molecule has 35 heavy (non-hydrogen) atoms. The van der Waals surface area contributed by atoms with Crippen molar-refractivity contribution in [1.29, 1.82) is 0 Å². The zero-order valence-electron chi connectivity index (χ0n) is 18.4. The minimum atomic E-state index is -4.43. The number of hydrogen-bond donors (Lipinski definition) is 2. The van der Waals surface area contributed by atoms with Gasteiger partial charge in [0.25, 0.3) is 11.5 Å². The molecule has 0 saturated heterocycles. The van der Waals surface area contributed by atoms with Crippen LogP contribution in [0.3, 0.4) is 0 Å². The number of nitrogens with one attached hydrogen (secondary N) is 2. The fraction of sp³-hybridized carbons (Fsp3) is 0.120. The second kappa shape index (κ2) is 9.67. The maximum Gasteiger partial charge on any atom is 0.416 e. The Morgan fingerprint density at radius 2 is 1.66 bits per heavy atom. The molecular formula is C25H19F3N4O2S. The van der Waals surface area contributed by atoms with E-state index in [4.69, 9.17) is 12.2 Å². The highest BCUT2D eigenvalue weighted by atomic mass is 32.1. The largest absolute Gasteiger partial charge is 0.416 e. The number of hydrogen-bond acceptors (Lipinski definition) is 4. The third kappa shape index (κ3) is 5.55. The predicted molar refractivity (Wildman–Crippen MR) is 131 cm³/mol. The van der Waals surface area contributed by atoms with E-state index in [2.05, 4.69) is 15.6 Å². The number of thiocarbonyl (C=S) groups is 1. The highest BCUT2D eigenvalue weighted by Crippen LogP contribution is 2.29. The topological polar surface area (TPSA) is 76.0 Å². The van der Waals surface area contributed by atoms with E-state index in [9.17, 15) is 22.8 Å². The van der Waals surface area contributed by atoms with Gasteiger partial charge in [0.1, 0.15) is 5.69 Å². The van der Waals surface area contributed by atoms with Crippen molar-refractivity contribution in [3.63, 3.8) is 0 Å². The first-order valence-corrected chi connectivity index (χ1v) is 10.9. The summed E-state index contributed by atoms with van der Waals surface area (Å²) in [5, 5.41) is 5.13. The van der Waals surface area contributed by atoms with Gasteiger partial charge in [0.15, 0.2) is 5.11 Å². The quantitative estimate of drug-likeness (QED) is 0.393. The maximum atomic E-state index is 12.7. The van der Waals surface area contributed by atoms with Crippen LogP contribution in [0.5, 0.6) is 0 Å². The van der Waals surface area contributed by atoms with Crippen molar-refractivity contribution >= 4 is 40.0 Å². The number of fused-ring (bicyclic) bond motifs is 1. The van der Waals surface area contributed by atoms with Gasteiger partial charge in [-0.05, 0) is 73.2 Å². The number of halogens is 3. The molecule has 0 aliphatic carbocycles. The maximum absolute atomic E-state index is 12.7. The monoisotopic (exact) mass is 496 g/mol. The van der Waals surface area contributed by atoms with E-state index in [0.717, 1.165) is 23.2 Å². The van der Waals surface area contributed by atoms with Crippen molar-refractivity contribution in [3.05, 3.63) is 106 Å². The molecule has 4 aromatic rings. The highest BCUT2D eigenvalue weighted by molar-refractivity contribution is 7.80. The van der Waals surface area contributed by atoms with E-state index < -0.39 is 17.6 Å². The number of nitrogens with zero attached hydrogens (tertiary/aromatic N) is 2. The Hall–Kier alpha value is -4.05. The van der Waals surface area contributed by atoms with Gasteiger partial charge in [-0.1, -0.05) is 24.3 Å². The molecule has 2 N–H and O–H groups in total. The summed E-state index contributed by atoms with van der Waals surface area (Å²) in [6.45, 7) is 1.97. The van der Waals surface area contributed by atoms with Crippen LogP contribution in [-0.4, -0.2) is 20.6 Å². The molecule has 0 spiro atoms. The third-order valence-corrected chi connectivity index (χ3v) is 5.47. The van der Waals surface area contributed by atoms with Crippen LogP contribution in [0.25, 0.3) is 11.0 Å². The molecule has 0 radical (unpaired) electrons. The lowest BCUT2D eigenvalue weighted by Gasteiger charge is -2.12. The molecule has 10 heteroatoms. The first kappa shape index (κ1) is 24.1. The number of carbonyl (C=O) groups excluding carboxylic acids is 1. The molecule has 6 nitrogen and oxygen atoms in total. The van der Waals surface area contributed by atoms with Crippen molar-refractivity contribution in [2.75, 3.05) is 5.32 Å². The standard InChI is InChI=1S/C25H19F3N4O2S/c1-15-23(34)32(21-5-3-2-4-20(21)29-15)14-16-6-8-17(9-7-16)22(33)31-24(35)30-19-12-10-18(11-13-19)25(26,27)28/h2-13H,14H2,1H3,(H2,30,31,33,35). The van der Waals surface area contributed by atoms with E-state index in [-0.39, 0.29) is 10.7 Å². The number of amides is 1. The van der Waals surface area contributed by atoms with E-state index in [0.29, 0.717) is 29.0 Å². The normalized spacial score (nSPS) is 11.3. The number of alkyl halides is 3. The molecule has 0 fully saturated rings. The summed E-state index contributed by atoms with van der Waals surface area (Å²) >= 11 is 5.09. The molecule has 1 aromatic heterocycles. The molecule has 1 amide bonds. The predicted octanol–water partition coefficient (Wildman–Crippen LogP) is 4.90. The first-order valence-electron chi connectivity index (χ1n) is 10.5. The minimum absolute atomic E-state index is 0.0517. The molecule has 0 saturated carbocycles. The van der Waals surface area contributed by atoms with Crippen molar-refractivity contribution < 1.29 is 18.0 Å². The fourth-order valence-corrected chi connectivity index (χ4v) is 3.71. The lowest BCUT2D eigenvalue weighted by atomic mass is 10.1. The third-order valence-electron chi connectivity index (χ3n) is 5.27. The lowest BCUT2D eigenvalue weighted by Crippen LogP contribution is -2.34. The molecule has 1 heterocycles. The second-order valence-electron chi connectivity index (χ2n) is 7.76. The Bertz CT molecular complexity index is 1460. The molecule has 3 aromatic carbocycles. The Morgan fingerprint density at radius 3 is 2.31 bits per heavy atom. The molecule has 0 bridgehead atoms. The van der Waals surface area contributed by atoms with Gasteiger partial charge in [-0.3, -0.25) is 14.9 Å². The van der Waals surface area contributed by atoms with E-state index in [1.54, 1.807) is 35.8 Å². The molecule has 0 unspecified atom stereocenters.